The van der Waals surface area contributed by atoms with Gasteiger partial charge in [0, 0.05) is 19.1 Å². The Morgan fingerprint density at radius 2 is 2.00 bits per heavy atom. The number of aromatic nitrogens is 2. The highest BCUT2D eigenvalue weighted by Gasteiger charge is 2.42. The normalized spacial score (nSPS) is 21.4. The van der Waals surface area contributed by atoms with Crippen molar-refractivity contribution in [1.29, 1.82) is 0 Å². The number of hydrogen-bond acceptors (Lipinski definition) is 4. The number of rotatable bonds is 3. The summed E-state index contributed by atoms with van der Waals surface area (Å²) >= 11 is 0. The summed E-state index contributed by atoms with van der Waals surface area (Å²) in [6, 6.07) is 6.71. The Morgan fingerprint density at radius 1 is 1.19 bits per heavy atom. The average Bonchev–Trinajstić information content (AvgIpc) is 3.25. The van der Waals surface area contributed by atoms with Crippen LogP contribution < -0.4 is 0 Å². The van der Waals surface area contributed by atoms with Crippen LogP contribution >= 0.6 is 0 Å². The Kier molecular flexibility index (Phi) is 3.03. The molecule has 1 aromatic heterocycles. The fourth-order valence-corrected chi connectivity index (χ4v) is 3.07. The molecule has 2 fully saturated rings. The molecule has 4 rings (SSSR count). The molecule has 1 aliphatic heterocycles. The molecule has 2 aliphatic rings. The second-order valence-corrected chi connectivity index (χ2v) is 5.94. The first-order chi connectivity index (χ1) is 10.3. The van der Waals surface area contributed by atoms with Gasteiger partial charge in [-0.3, -0.25) is 0 Å². The Hall–Kier alpha value is -1.75. The predicted molar refractivity (Wildman–Crippen MR) is 73.5 cm³/mol. The van der Waals surface area contributed by atoms with Crippen LogP contribution in [0, 0.1) is 5.82 Å². The maximum Gasteiger partial charge on any atom is 0.237 e. The smallest absolute Gasteiger partial charge is 0.237 e. The van der Waals surface area contributed by atoms with Crippen LogP contribution in [0.3, 0.4) is 0 Å². The molecule has 5 heteroatoms. The third-order valence-corrected chi connectivity index (χ3v) is 4.52. The predicted octanol–water partition coefficient (Wildman–Crippen LogP) is 3.18. The molecule has 4 nitrogen and oxygen atoms in total. The molecule has 0 unspecified atom stereocenters. The van der Waals surface area contributed by atoms with E-state index in [0.717, 1.165) is 37.1 Å². The molecular weight excluding hydrogens is 271 g/mol. The first-order valence-corrected chi connectivity index (χ1v) is 7.46. The van der Waals surface area contributed by atoms with E-state index in [0.29, 0.717) is 25.0 Å². The lowest BCUT2D eigenvalue weighted by atomic mass is 9.74. The number of ether oxygens (including phenoxy) is 1. The van der Waals surface area contributed by atoms with Crippen LogP contribution in [-0.4, -0.2) is 23.4 Å². The van der Waals surface area contributed by atoms with E-state index in [-0.39, 0.29) is 5.82 Å². The van der Waals surface area contributed by atoms with Crippen molar-refractivity contribution in [2.24, 2.45) is 0 Å². The average molecular weight is 288 g/mol. The molecule has 1 saturated heterocycles. The van der Waals surface area contributed by atoms with Gasteiger partial charge in [0.1, 0.15) is 5.82 Å². The fraction of sp³-hybridized carbons (Fsp3) is 0.500. The van der Waals surface area contributed by atoms with Gasteiger partial charge in [0.15, 0.2) is 5.82 Å². The van der Waals surface area contributed by atoms with Gasteiger partial charge < -0.3 is 9.26 Å². The van der Waals surface area contributed by atoms with Crippen molar-refractivity contribution in [1.82, 2.24) is 10.1 Å². The molecular formula is C16H17FN2O2. The highest BCUT2D eigenvalue weighted by molar-refractivity contribution is 5.33. The third-order valence-electron chi connectivity index (χ3n) is 4.52. The van der Waals surface area contributed by atoms with Gasteiger partial charge in [-0.25, -0.2) is 4.39 Å². The van der Waals surface area contributed by atoms with Gasteiger partial charge >= 0.3 is 0 Å². The Labute approximate surface area is 122 Å². The summed E-state index contributed by atoms with van der Waals surface area (Å²) in [5.74, 6) is 1.62. The molecule has 0 amide bonds. The van der Waals surface area contributed by atoms with Crippen LogP contribution in [0.2, 0.25) is 0 Å². The molecule has 0 spiro atoms. The Balaban J connectivity index is 1.78. The largest absolute Gasteiger partial charge is 0.381 e. The van der Waals surface area contributed by atoms with Crippen molar-refractivity contribution >= 4 is 0 Å². The first-order valence-electron chi connectivity index (χ1n) is 7.46. The molecule has 2 heterocycles. The third kappa shape index (κ3) is 2.25. The van der Waals surface area contributed by atoms with E-state index in [2.05, 4.69) is 10.1 Å². The Morgan fingerprint density at radius 3 is 2.71 bits per heavy atom. The minimum atomic E-state index is -0.416. The minimum Gasteiger partial charge on any atom is -0.381 e. The number of hydrogen-bond donors (Lipinski definition) is 0. The second kappa shape index (κ2) is 4.91. The maximum absolute atomic E-state index is 13.7. The van der Waals surface area contributed by atoms with Crippen molar-refractivity contribution < 1.29 is 13.7 Å². The van der Waals surface area contributed by atoms with Crippen LogP contribution in [0.4, 0.5) is 4.39 Å². The van der Waals surface area contributed by atoms with Crippen molar-refractivity contribution in [2.45, 2.75) is 37.0 Å². The summed E-state index contributed by atoms with van der Waals surface area (Å²) < 4.78 is 24.7. The van der Waals surface area contributed by atoms with Crippen LogP contribution in [-0.2, 0) is 10.2 Å². The number of halogens is 1. The summed E-state index contributed by atoms with van der Waals surface area (Å²) in [5.41, 5.74) is 0.484. The highest BCUT2D eigenvalue weighted by atomic mass is 19.1. The SMILES string of the molecule is Fc1cccc(C2(c3nc(C4CC4)no3)CCOCC2)c1. The van der Waals surface area contributed by atoms with Gasteiger partial charge in [0.25, 0.3) is 0 Å². The molecule has 0 atom stereocenters. The molecule has 0 N–H and O–H groups in total. The number of nitrogens with zero attached hydrogens (tertiary/aromatic N) is 2. The zero-order valence-corrected chi connectivity index (χ0v) is 11.7. The molecule has 1 saturated carbocycles. The summed E-state index contributed by atoms with van der Waals surface area (Å²) in [6.07, 6.45) is 3.75. The van der Waals surface area contributed by atoms with Gasteiger partial charge in [-0.2, -0.15) is 4.98 Å². The van der Waals surface area contributed by atoms with Crippen molar-refractivity contribution in [3.8, 4) is 0 Å². The Bertz CT molecular complexity index is 645. The quantitative estimate of drug-likeness (QED) is 0.870. The first kappa shape index (κ1) is 13.0. The molecule has 2 aromatic rings. The maximum atomic E-state index is 13.7. The van der Waals surface area contributed by atoms with Gasteiger partial charge in [0.05, 0.1) is 5.41 Å². The molecule has 0 bridgehead atoms. The lowest BCUT2D eigenvalue weighted by molar-refractivity contribution is 0.0522. The molecule has 110 valence electrons. The van der Waals surface area contributed by atoms with Crippen molar-refractivity contribution in [2.75, 3.05) is 13.2 Å². The number of benzene rings is 1. The van der Waals surface area contributed by atoms with E-state index < -0.39 is 5.41 Å². The monoisotopic (exact) mass is 288 g/mol. The topological polar surface area (TPSA) is 48.2 Å². The van der Waals surface area contributed by atoms with Crippen molar-refractivity contribution in [3.05, 3.63) is 47.4 Å². The summed E-state index contributed by atoms with van der Waals surface area (Å²) in [6.45, 7) is 1.25. The van der Waals surface area contributed by atoms with Gasteiger partial charge in [0.2, 0.25) is 5.89 Å². The minimum absolute atomic E-state index is 0.236. The van der Waals surface area contributed by atoms with Gasteiger partial charge in [-0.05, 0) is 43.4 Å². The van der Waals surface area contributed by atoms with Crippen LogP contribution in [0.1, 0.15) is 48.9 Å². The zero-order valence-electron chi connectivity index (χ0n) is 11.7. The van der Waals surface area contributed by atoms with E-state index in [1.165, 1.54) is 6.07 Å². The van der Waals surface area contributed by atoms with Crippen LogP contribution in [0.5, 0.6) is 0 Å². The van der Waals surface area contributed by atoms with E-state index in [1.807, 2.05) is 6.07 Å². The van der Waals surface area contributed by atoms with Crippen LogP contribution in [0.15, 0.2) is 28.8 Å². The summed E-state index contributed by atoms with van der Waals surface area (Å²) in [7, 11) is 0. The molecule has 1 aromatic carbocycles. The van der Waals surface area contributed by atoms with Crippen LogP contribution in [0.25, 0.3) is 0 Å². The summed E-state index contributed by atoms with van der Waals surface area (Å²) in [5, 5.41) is 4.13. The molecule has 0 radical (unpaired) electrons. The van der Waals surface area contributed by atoms with Crippen molar-refractivity contribution in [3.63, 3.8) is 0 Å². The van der Waals surface area contributed by atoms with Gasteiger partial charge in [-0.1, -0.05) is 17.3 Å². The van der Waals surface area contributed by atoms with E-state index in [4.69, 9.17) is 9.26 Å². The van der Waals surface area contributed by atoms with E-state index in [1.54, 1.807) is 12.1 Å². The molecule has 1 aliphatic carbocycles. The second-order valence-electron chi connectivity index (χ2n) is 5.94. The fourth-order valence-electron chi connectivity index (χ4n) is 3.07. The van der Waals surface area contributed by atoms with E-state index >= 15 is 0 Å². The standard InChI is InChI=1S/C16H17FN2O2/c17-13-3-1-2-12(10-13)16(6-8-20-9-7-16)15-18-14(19-21-15)11-4-5-11/h1-3,10-11H,4-9H2. The molecule has 21 heavy (non-hydrogen) atoms. The lowest BCUT2D eigenvalue weighted by Crippen LogP contribution is -2.35. The lowest BCUT2D eigenvalue weighted by Gasteiger charge is -2.34. The van der Waals surface area contributed by atoms with E-state index in [9.17, 15) is 4.39 Å². The zero-order chi connectivity index (χ0) is 14.3. The van der Waals surface area contributed by atoms with Gasteiger partial charge in [-0.15, -0.1) is 0 Å². The highest BCUT2D eigenvalue weighted by Crippen LogP contribution is 2.43. The summed E-state index contributed by atoms with van der Waals surface area (Å²) in [4.78, 5) is 4.62.